The number of rotatable bonds is 3. The zero-order valence-electron chi connectivity index (χ0n) is 7.33. The normalized spacial score (nSPS) is 14.9. The molecule has 0 aromatic carbocycles. The van der Waals surface area contributed by atoms with Gasteiger partial charge in [-0.1, -0.05) is 20.3 Å². The molecule has 0 saturated heterocycles. The largest absolute Gasteiger partial charge is 0.351 e. The first-order valence-corrected chi connectivity index (χ1v) is 3.84. The number of amides is 3. The number of urea groups is 1. The highest BCUT2D eigenvalue weighted by Crippen LogP contribution is 2.04. The number of carbonyl (C=O) groups excluding carboxylic acids is 2. The van der Waals surface area contributed by atoms with Crippen molar-refractivity contribution in [3.63, 3.8) is 0 Å². The molecule has 0 aliphatic rings. The van der Waals surface area contributed by atoms with Crippen LogP contribution in [0.3, 0.4) is 0 Å². The lowest BCUT2D eigenvalue weighted by molar-refractivity contribution is -0.122. The smallest absolute Gasteiger partial charge is 0.318 e. The van der Waals surface area contributed by atoms with Crippen LogP contribution in [-0.4, -0.2) is 18.0 Å². The van der Waals surface area contributed by atoms with Crippen LogP contribution in [0.2, 0.25) is 0 Å². The second-order valence-electron chi connectivity index (χ2n) is 2.76. The molecular weight excluding hydrogens is 158 g/mol. The molecule has 0 heterocycles. The minimum atomic E-state index is -0.862. The van der Waals surface area contributed by atoms with Crippen LogP contribution in [-0.2, 0) is 4.79 Å². The number of hydrogen-bond acceptors (Lipinski definition) is 3. The first-order valence-electron chi connectivity index (χ1n) is 3.84. The van der Waals surface area contributed by atoms with E-state index < -0.39 is 18.0 Å². The Hall–Kier alpha value is -1.10. The standard InChI is InChI=1S/C7H15N3O2/c1-3-4(2)5(8)6(11)10-7(9)12/h4-5H,3,8H2,1-2H3,(H3,9,10,11,12)/t4-,5-/m0/s1. The number of imide groups is 1. The molecule has 0 spiro atoms. The van der Waals surface area contributed by atoms with E-state index in [0.29, 0.717) is 0 Å². The topological polar surface area (TPSA) is 98.2 Å². The third-order valence-corrected chi connectivity index (χ3v) is 1.81. The quantitative estimate of drug-likeness (QED) is 0.539. The monoisotopic (exact) mass is 173 g/mol. The minimum Gasteiger partial charge on any atom is -0.351 e. The van der Waals surface area contributed by atoms with Crippen molar-refractivity contribution in [2.45, 2.75) is 26.3 Å². The SMILES string of the molecule is CC[C@H](C)[C@H](N)C(=O)NC(N)=O. The van der Waals surface area contributed by atoms with Gasteiger partial charge in [0.25, 0.3) is 0 Å². The Kier molecular flexibility index (Phi) is 4.28. The summed E-state index contributed by atoms with van der Waals surface area (Å²) in [6.07, 6.45) is 0.785. The third-order valence-electron chi connectivity index (χ3n) is 1.81. The summed E-state index contributed by atoms with van der Waals surface area (Å²) in [7, 11) is 0. The molecule has 0 rings (SSSR count). The van der Waals surface area contributed by atoms with Crippen LogP contribution in [0.25, 0.3) is 0 Å². The molecule has 0 unspecified atom stereocenters. The van der Waals surface area contributed by atoms with E-state index in [1.165, 1.54) is 0 Å². The molecule has 3 amide bonds. The van der Waals surface area contributed by atoms with Gasteiger partial charge in [-0.15, -0.1) is 0 Å². The van der Waals surface area contributed by atoms with Crippen LogP contribution >= 0.6 is 0 Å². The fourth-order valence-electron chi connectivity index (χ4n) is 0.717. The Labute approximate surface area is 71.5 Å². The molecular formula is C7H15N3O2. The first-order chi connectivity index (χ1) is 5.49. The van der Waals surface area contributed by atoms with Gasteiger partial charge in [0.1, 0.15) is 0 Å². The predicted octanol–water partition coefficient (Wildman–Crippen LogP) is -0.445. The molecule has 0 aliphatic heterocycles. The van der Waals surface area contributed by atoms with E-state index in [1.807, 2.05) is 19.2 Å². The Morgan fingerprint density at radius 3 is 2.33 bits per heavy atom. The van der Waals surface area contributed by atoms with Crippen LogP contribution in [0.15, 0.2) is 0 Å². The van der Waals surface area contributed by atoms with Crippen LogP contribution in [0.4, 0.5) is 4.79 Å². The van der Waals surface area contributed by atoms with Gasteiger partial charge in [-0.05, 0) is 5.92 Å². The van der Waals surface area contributed by atoms with E-state index in [-0.39, 0.29) is 5.92 Å². The van der Waals surface area contributed by atoms with Crippen LogP contribution < -0.4 is 16.8 Å². The lowest BCUT2D eigenvalue weighted by atomic mass is 10.00. The zero-order chi connectivity index (χ0) is 9.72. The van der Waals surface area contributed by atoms with E-state index in [4.69, 9.17) is 11.5 Å². The van der Waals surface area contributed by atoms with Gasteiger partial charge in [0.2, 0.25) is 5.91 Å². The van der Waals surface area contributed by atoms with Crippen molar-refractivity contribution < 1.29 is 9.59 Å². The summed E-state index contributed by atoms with van der Waals surface area (Å²) in [5.74, 6) is -0.471. The average Bonchev–Trinajstić information content (AvgIpc) is 2.00. The zero-order valence-corrected chi connectivity index (χ0v) is 7.33. The van der Waals surface area contributed by atoms with Crippen LogP contribution in [0.1, 0.15) is 20.3 Å². The van der Waals surface area contributed by atoms with Crippen LogP contribution in [0, 0.1) is 5.92 Å². The molecule has 5 heteroatoms. The lowest BCUT2D eigenvalue weighted by Gasteiger charge is -2.15. The van der Waals surface area contributed by atoms with Gasteiger partial charge >= 0.3 is 6.03 Å². The molecule has 70 valence electrons. The van der Waals surface area contributed by atoms with Crippen molar-refractivity contribution in [2.75, 3.05) is 0 Å². The summed E-state index contributed by atoms with van der Waals surface area (Å²) in [5.41, 5.74) is 10.2. The Balaban J connectivity index is 4.01. The number of nitrogens with two attached hydrogens (primary N) is 2. The predicted molar refractivity (Wildman–Crippen MR) is 45.2 cm³/mol. The summed E-state index contributed by atoms with van der Waals surface area (Å²) in [6.45, 7) is 3.76. The minimum absolute atomic E-state index is 0.0457. The maximum absolute atomic E-state index is 11.0. The van der Waals surface area contributed by atoms with E-state index in [2.05, 4.69) is 0 Å². The van der Waals surface area contributed by atoms with E-state index >= 15 is 0 Å². The molecule has 0 aromatic heterocycles. The molecule has 0 aromatic rings. The molecule has 0 fully saturated rings. The second kappa shape index (κ2) is 4.71. The maximum atomic E-state index is 11.0. The van der Waals surface area contributed by atoms with Crippen molar-refractivity contribution in [1.82, 2.24) is 5.32 Å². The number of carbonyl (C=O) groups is 2. The van der Waals surface area contributed by atoms with Crippen molar-refractivity contribution in [1.29, 1.82) is 0 Å². The van der Waals surface area contributed by atoms with Gasteiger partial charge in [0.15, 0.2) is 0 Å². The fourth-order valence-corrected chi connectivity index (χ4v) is 0.717. The highest BCUT2D eigenvalue weighted by molar-refractivity contribution is 5.96. The molecule has 2 atom stereocenters. The van der Waals surface area contributed by atoms with Gasteiger partial charge in [0.05, 0.1) is 6.04 Å². The second-order valence-corrected chi connectivity index (χ2v) is 2.76. The van der Waals surface area contributed by atoms with Gasteiger partial charge in [-0.25, -0.2) is 4.79 Å². The lowest BCUT2D eigenvalue weighted by Crippen LogP contribution is -2.48. The summed E-state index contributed by atoms with van der Waals surface area (Å²) in [6, 6.07) is -1.53. The van der Waals surface area contributed by atoms with Crippen LogP contribution in [0.5, 0.6) is 0 Å². The number of primary amides is 1. The molecule has 0 saturated carbocycles. The van der Waals surface area contributed by atoms with E-state index in [1.54, 1.807) is 0 Å². The highest BCUT2D eigenvalue weighted by Gasteiger charge is 2.19. The molecule has 5 N–H and O–H groups in total. The average molecular weight is 173 g/mol. The fraction of sp³-hybridized carbons (Fsp3) is 0.714. The first kappa shape index (κ1) is 10.9. The number of nitrogens with one attached hydrogen (secondary N) is 1. The third kappa shape index (κ3) is 3.34. The Bertz CT molecular complexity index is 181. The summed E-state index contributed by atoms with van der Waals surface area (Å²) in [4.78, 5) is 21.3. The van der Waals surface area contributed by atoms with Crippen molar-refractivity contribution in [3.05, 3.63) is 0 Å². The van der Waals surface area contributed by atoms with Crippen molar-refractivity contribution in [3.8, 4) is 0 Å². The molecule has 0 aliphatic carbocycles. The molecule has 5 nitrogen and oxygen atoms in total. The van der Waals surface area contributed by atoms with Crippen molar-refractivity contribution in [2.24, 2.45) is 17.4 Å². The number of hydrogen-bond donors (Lipinski definition) is 3. The van der Waals surface area contributed by atoms with Gasteiger partial charge < -0.3 is 11.5 Å². The molecule has 0 bridgehead atoms. The maximum Gasteiger partial charge on any atom is 0.318 e. The highest BCUT2D eigenvalue weighted by atomic mass is 16.2. The Morgan fingerprint density at radius 2 is 2.00 bits per heavy atom. The van der Waals surface area contributed by atoms with E-state index in [9.17, 15) is 9.59 Å². The van der Waals surface area contributed by atoms with Gasteiger partial charge in [0, 0.05) is 0 Å². The van der Waals surface area contributed by atoms with Crippen molar-refractivity contribution >= 4 is 11.9 Å². The van der Waals surface area contributed by atoms with Gasteiger partial charge in [-0.3, -0.25) is 10.1 Å². The molecule has 12 heavy (non-hydrogen) atoms. The molecule has 0 radical (unpaired) electrons. The van der Waals surface area contributed by atoms with E-state index in [0.717, 1.165) is 6.42 Å². The summed E-state index contributed by atoms with van der Waals surface area (Å²) >= 11 is 0. The summed E-state index contributed by atoms with van der Waals surface area (Å²) in [5, 5.41) is 1.93. The van der Waals surface area contributed by atoms with Gasteiger partial charge in [-0.2, -0.15) is 0 Å². The Morgan fingerprint density at radius 1 is 1.50 bits per heavy atom. The summed E-state index contributed by atoms with van der Waals surface area (Å²) < 4.78 is 0.